The van der Waals surface area contributed by atoms with Crippen molar-refractivity contribution in [2.24, 2.45) is 0 Å². The minimum absolute atomic E-state index is 0.0401. The first-order valence-electron chi connectivity index (χ1n) is 7.51. The number of benzene rings is 1. The molecule has 1 aromatic heterocycles. The maximum Gasteiger partial charge on any atom is 0.234 e. The van der Waals surface area contributed by atoms with Gasteiger partial charge in [-0.3, -0.25) is 9.69 Å². The predicted molar refractivity (Wildman–Crippen MR) is 88.2 cm³/mol. The van der Waals surface area contributed by atoms with E-state index in [0.29, 0.717) is 19.1 Å². The van der Waals surface area contributed by atoms with Crippen LogP contribution in [0.5, 0.6) is 0 Å². The second-order valence-electron chi connectivity index (χ2n) is 5.54. The average Bonchev–Trinajstić information content (AvgIpc) is 3.16. The van der Waals surface area contributed by atoms with Gasteiger partial charge in [-0.1, -0.05) is 28.1 Å². The van der Waals surface area contributed by atoms with E-state index in [1.807, 2.05) is 24.3 Å². The molecule has 0 spiro atoms. The SMILES string of the molecule is O=C(CN1CCCC1c1cccc(Br)c1)NCc1ccco1. The summed E-state index contributed by atoms with van der Waals surface area (Å²) in [5.41, 5.74) is 1.27. The van der Waals surface area contributed by atoms with Crippen LogP contribution in [0.3, 0.4) is 0 Å². The number of amides is 1. The van der Waals surface area contributed by atoms with Gasteiger partial charge < -0.3 is 9.73 Å². The molecule has 0 radical (unpaired) electrons. The van der Waals surface area contributed by atoms with Crippen molar-refractivity contribution in [3.63, 3.8) is 0 Å². The number of nitrogens with one attached hydrogen (secondary N) is 1. The van der Waals surface area contributed by atoms with E-state index in [1.165, 1.54) is 5.56 Å². The molecule has 1 atom stereocenters. The van der Waals surface area contributed by atoms with E-state index in [1.54, 1.807) is 6.26 Å². The Balaban J connectivity index is 1.57. The molecule has 5 heteroatoms. The van der Waals surface area contributed by atoms with Crippen molar-refractivity contribution in [2.75, 3.05) is 13.1 Å². The van der Waals surface area contributed by atoms with Crippen molar-refractivity contribution in [3.8, 4) is 0 Å². The van der Waals surface area contributed by atoms with Crippen molar-refractivity contribution in [1.82, 2.24) is 10.2 Å². The summed E-state index contributed by atoms with van der Waals surface area (Å²) in [4.78, 5) is 14.4. The third-order valence-electron chi connectivity index (χ3n) is 3.98. The summed E-state index contributed by atoms with van der Waals surface area (Å²) >= 11 is 3.52. The minimum Gasteiger partial charge on any atom is -0.467 e. The zero-order valence-corrected chi connectivity index (χ0v) is 13.9. The fourth-order valence-electron chi connectivity index (χ4n) is 2.95. The number of likely N-dealkylation sites (tertiary alicyclic amines) is 1. The van der Waals surface area contributed by atoms with Crippen molar-refractivity contribution in [1.29, 1.82) is 0 Å². The van der Waals surface area contributed by atoms with Crippen molar-refractivity contribution in [2.45, 2.75) is 25.4 Å². The molecule has 3 rings (SSSR count). The molecular formula is C17H19BrN2O2. The number of halogens is 1. The van der Waals surface area contributed by atoms with E-state index >= 15 is 0 Å². The molecule has 0 saturated carbocycles. The van der Waals surface area contributed by atoms with Gasteiger partial charge in [-0.05, 0) is 49.2 Å². The van der Waals surface area contributed by atoms with E-state index in [0.717, 1.165) is 29.6 Å². The highest BCUT2D eigenvalue weighted by Gasteiger charge is 2.27. The highest BCUT2D eigenvalue weighted by molar-refractivity contribution is 9.10. The Morgan fingerprint density at radius 1 is 1.36 bits per heavy atom. The Hall–Kier alpha value is -1.59. The highest BCUT2D eigenvalue weighted by Crippen LogP contribution is 2.32. The first-order valence-corrected chi connectivity index (χ1v) is 8.30. The maximum absolute atomic E-state index is 12.1. The quantitative estimate of drug-likeness (QED) is 0.885. The van der Waals surface area contributed by atoms with E-state index in [2.05, 4.69) is 38.3 Å². The average molecular weight is 363 g/mol. The third-order valence-corrected chi connectivity index (χ3v) is 4.48. The summed E-state index contributed by atoms with van der Waals surface area (Å²) in [6.45, 7) is 1.84. The number of hydrogen-bond donors (Lipinski definition) is 1. The lowest BCUT2D eigenvalue weighted by atomic mass is 10.0. The van der Waals surface area contributed by atoms with Gasteiger partial charge in [0.15, 0.2) is 0 Å². The fraction of sp³-hybridized carbons (Fsp3) is 0.353. The van der Waals surface area contributed by atoms with Gasteiger partial charge >= 0.3 is 0 Å². The van der Waals surface area contributed by atoms with E-state index < -0.39 is 0 Å². The van der Waals surface area contributed by atoms with Gasteiger partial charge in [0.05, 0.1) is 19.4 Å². The summed E-state index contributed by atoms with van der Waals surface area (Å²) in [6.07, 6.45) is 3.84. The zero-order valence-electron chi connectivity index (χ0n) is 12.3. The van der Waals surface area contributed by atoms with Crippen molar-refractivity contribution >= 4 is 21.8 Å². The van der Waals surface area contributed by atoms with Crippen LogP contribution in [0.25, 0.3) is 0 Å². The van der Waals surface area contributed by atoms with Crippen LogP contribution in [0.15, 0.2) is 51.6 Å². The van der Waals surface area contributed by atoms with Crippen LogP contribution in [-0.2, 0) is 11.3 Å². The molecule has 1 amide bonds. The van der Waals surface area contributed by atoms with Gasteiger partial charge in [-0.25, -0.2) is 0 Å². The molecule has 1 aliphatic rings. The summed E-state index contributed by atoms with van der Waals surface area (Å²) in [5.74, 6) is 0.816. The molecule has 2 aromatic rings. The molecule has 1 aromatic carbocycles. The molecule has 1 saturated heterocycles. The number of carbonyl (C=O) groups excluding carboxylic acids is 1. The smallest absolute Gasteiger partial charge is 0.234 e. The zero-order chi connectivity index (χ0) is 15.4. The van der Waals surface area contributed by atoms with E-state index in [-0.39, 0.29) is 5.91 Å². The minimum atomic E-state index is 0.0401. The molecule has 0 bridgehead atoms. The van der Waals surface area contributed by atoms with Crippen LogP contribution < -0.4 is 5.32 Å². The highest BCUT2D eigenvalue weighted by atomic mass is 79.9. The van der Waals surface area contributed by atoms with Crippen LogP contribution in [-0.4, -0.2) is 23.9 Å². The van der Waals surface area contributed by atoms with Gasteiger partial charge in [0.1, 0.15) is 5.76 Å². The van der Waals surface area contributed by atoms with Crippen LogP contribution in [0, 0.1) is 0 Å². The first-order chi connectivity index (χ1) is 10.7. The normalized spacial score (nSPS) is 18.5. The van der Waals surface area contributed by atoms with Crippen molar-refractivity contribution in [3.05, 3.63) is 58.5 Å². The molecule has 4 nitrogen and oxygen atoms in total. The summed E-state index contributed by atoms with van der Waals surface area (Å²) in [6, 6.07) is 12.4. The Morgan fingerprint density at radius 3 is 3.05 bits per heavy atom. The van der Waals surface area contributed by atoms with Crippen LogP contribution in [0.2, 0.25) is 0 Å². The Bertz CT molecular complexity index is 627. The molecule has 1 aliphatic heterocycles. The third kappa shape index (κ3) is 3.78. The summed E-state index contributed by atoms with van der Waals surface area (Å²) < 4.78 is 6.31. The van der Waals surface area contributed by atoms with Gasteiger partial charge in [0.2, 0.25) is 5.91 Å². The fourth-order valence-corrected chi connectivity index (χ4v) is 3.36. The second kappa shape index (κ2) is 7.11. The van der Waals surface area contributed by atoms with Gasteiger partial charge in [0, 0.05) is 10.5 Å². The molecule has 1 unspecified atom stereocenters. The number of rotatable bonds is 5. The monoisotopic (exact) mass is 362 g/mol. The van der Waals surface area contributed by atoms with Crippen LogP contribution >= 0.6 is 15.9 Å². The maximum atomic E-state index is 12.1. The lowest BCUT2D eigenvalue weighted by molar-refractivity contribution is -0.122. The van der Waals surface area contributed by atoms with E-state index in [9.17, 15) is 4.79 Å². The lowest BCUT2D eigenvalue weighted by Crippen LogP contribution is -2.36. The molecule has 1 fully saturated rings. The Kier molecular flexibility index (Phi) is 4.95. The number of carbonyl (C=O) groups is 1. The summed E-state index contributed by atoms with van der Waals surface area (Å²) in [5, 5.41) is 2.91. The molecule has 1 N–H and O–H groups in total. The van der Waals surface area contributed by atoms with E-state index in [4.69, 9.17) is 4.42 Å². The molecule has 22 heavy (non-hydrogen) atoms. The molecule has 2 heterocycles. The standard InChI is InChI=1S/C17H19BrN2O2/c18-14-5-1-4-13(10-14)16-7-2-8-20(16)12-17(21)19-11-15-6-3-9-22-15/h1,3-6,9-10,16H,2,7-8,11-12H2,(H,19,21). The van der Waals surface area contributed by atoms with Gasteiger partial charge in [-0.15, -0.1) is 0 Å². The molecule has 0 aliphatic carbocycles. The lowest BCUT2D eigenvalue weighted by Gasteiger charge is -2.24. The van der Waals surface area contributed by atoms with Gasteiger partial charge in [0.25, 0.3) is 0 Å². The molecular weight excluding hydrogens is 344 g/mol. The van der Waals surface area contributed by atoms with Crippen LogP contribution in [0.4, 0.5) is 0 Å². The Morgan fingerprint density at radius 2 is 2.27 bits per heavy atom. The topological polar surface area (TPSA) is 45.5 Å². The summed E-state index contributed by atoms with van der Waals surface area (Å²) in [7, 11) is 0. The first kappa shape index (κ1) is 15.3. The number of furan rings is 1. The second-order valence-corrected chi connectivity index (χ2v) is 6.46. The largest absolute Gasteiger partial charge is 0.467 e. The van der Waals surface area contributed by atoms with Crippen molar-refractivity contribution < 1.29 is 9.21 Å². The Labute approximate surface area is 138 Å². The van der Waals surface area contributed by atoms with Gasteiger partial charge in [-0.2, -0.15) is 0 Å². The van der Waals surface area contributed by atoms with Crippen LogP contribution in [0.1, 0.15) is 30.2 Å². The number of nitrogens with zero attached hydrogens (tertiary/aromatic N) is 1. The predicted octanol–water partition coefficient (Wildman–Crippen LogP) is 3.50. The number of hydrogen-bond acceptors (Lipinski definition) is 3. The molecule has 116 valence electrons.